The Morgan fingerprint density at radius 2 is 1.38 bits per heavy atom. The summed E-state index contributed by atoms with van der Waals surface area (Å²) in [4.78, 5) is 2.30. The van der Waals surface area contributed by atoms with Gasteiger partial charge in [-0.05, 0) is 19.1 Å². The van der Waals surface area contributed by atoms with Crippen LogP contribution in [0.5, 0.6) is 0 Å². The summed E-state index contributed by atoms with van der Waals surface area (Å²) in [5.74, 6) is 0. The van der Waals surface area contributed by atoms with Crippen molar-refractivity contribution in [3.63, 3.8) is 0 Å². The first-order valence-electron chi connectivity index (χ1n) is 4.84. The van der Waals surface area contributed by atoms with Crippen LogP contribution in [0.4, 0.5) is 5.69 Å². The first-order chi connectivity index (χ1) is 6.66. The van der Waals surface area contributed by atoms with Gasteiger partial charge in [0, 0.05) is 5.69 Å². The first kappa shape index (κ1) is 15.7. The van der Waals surface area contributed by atoms with Crippen molar-refractivity contribution < 1.29 is 37.7 Å². The van der Waals surface area contributed by atoms with Crippen LogP contribution < -0.4 is 42.6 Å². The Bertz CT molecular complexity index is 354. The number of nitrogens with zero attached hydrogens (tertiary/aromatic N) is 1. The average Bonchev–Trinajstić information content (AvgIpc) is 2.48. The number of hydrogen-bond donors (Lipinski definition) is 0. The minimum absolute atomic E-state index is 0. The fourth-order valence-electron chi connectivity index (χ4n) is 1.68. The van der Waals surface area contributed by atoms with Crippen LogP contribution in [0.3, 0.4) is 0 Å². The predicted molar refractivity (Wildman–Crippen MR) is 61.1 cm³/mol. The van der Waals surface area contributed by atoms with Crippen molar-refractivity contribution >= 4 is 5.69 Å². The van der Waals surface area contributed by atoms with E-state index in [0.717, 1.165) is 24.2 Å². The summed E-state index contributed by atoms with van der Waals surface area (Å²) < 4.78 is 0. The van der Waals surface area contributed by atoms with Gasteiger partial charge in [-0.2, -0.15) is 0 Å². The SMILES string of the molecule is [CH2-]C1=C([CH2-])CN(c2ccc(C)cc2)C1.[Li+].[Li+]. The predicted octanol–water partition coefficient (Wildman–Crippen LogP) is -3.21. The minimum atomic E-state index is 0. The van der Waals surface area contributed by atoms with Gasteiger partial charge in [-0.25, -0.2) is 0 Å². The largest absolute Gasteiger partial charge is 1.00 e. The van der Waals surface area contributed by atoms with Gasteiger partial charge in [-0.1, -0.05) is 30.8 Å². The number of hydrogen-bond acceptors (Lipinski definition) is 1. The molecule has 2 rings (SSSR count). The molecule has 0 saturated heterocycles. The van der Waals surface area contributed by atoms with Gasteiger partial charge in [0.05, 0.1) is 0 Å². The minimum Gasteiger partial charge on any atom is -0.402 e. The second kappa shape index (κ2) is 6.44. The summed E-state index contributed by atoms with van der Waals surface area (Å²) in [6, 6.07) is 8.58. The second-order valence-corrected chi connectivity index (χ2v) is 3.90. The van der Waals surface area contributed by atoms with Crippen LogP contribution in [0.1, 0.15) is 5.56 Å². The maximum Gasteiger partial charge on any atom is 1.00 e. The summed E-state index contributed by atoms with van der Waals surface area (Å²) in [5, 5.41) is 0. The third kappa shape index (κ3) is 3.34. The van der Waals surface area contributed by atoms with E-state index in [2.05, 4.69) is 49.9 Å². The molecule has 1 heterocycles. The molecule has 74 valence electrons. The van der Waals surface area contributed by atoms with Crippen LogP contribution in [0, 0.1) is 20.8 Å². The zero-order valence-corrected chi connectivity index (χ0v) is 10.6. The zero-order chi connectivity index (χ0) is 10.1. The summed E-state index contributed by atoms with van der Waals surface area (Å²) >= 11 is 0. The van der Waals surface area contributed by atoms with Crippen molar-refractivity contribution in [2.45, 2.75) is 6.92 Å². The second-order valence-electron chi connectivity index (χ2n) is 3.90. The van der Waals surface area contributed by atoms with Crippen molar-refractivity contribution in [2.75, 3.05) is 18.0 Å². The first-order valence-corrected chi connectivity index (χ1v) is 4.84. The Morgan fingerprint density at radius 1 is 0.938 bits per heavy atom. The van der Waals surface area contributed by atoms with Gasteiger partial charge in [0.15, 0.2) is 0 Å². The number of aryl methyl sites for hydroxylation is 1. The van der Waals surface area contributed by atoms with Crippen molar-refractivity contribution in [2.24, 2.45) is 0 Å². The number of rotatable bonds is 1. The standard InChI is InChI=1S/C13H15N.2Li/c1-10-4-6-13(7-5-10)14-8-11(2)12(3)9-14;;/h4-7H,2-3,8-9H2,1H3;;/q-2;2*+1. The van der Waals surface area contributed by atoms with Crippen molar-refractivity contribution in [3.8, 4) is 0 Å². The van der Waals surface area contributed by atoms with Crippen molar-refractivity contribution in [1.29, 1.82) is 0 Å². The monoisotopic (exact) mass is 199 g/mol. The molecule has 0 atom stereocenters. The normalized spacial score (nSPS) is 14.4. The maximum absolute atomic E-state index is 3.99. The van der Waals surface area contributed by atoms with E-state index in [9.17, 15) is 0 Å². The number of anilines is 1. The maximum atomic E-state index is 3.99. The summed E-state index contributed by atoms with van der Waals surface area (Å²) in [6.07, 6.45) is 0. The zero-order valence-electron chi connectivity index (χ0n) is 10.6. The Hall–Kier alpha value is -0.305. The van der Waals surface area contributed by atoms with Crippen LogP contribution in [-0.2, 0) is 0 Å². The fourth-order valence-corrected chi connectivity index (χ4v) is 1.68. The third-order valence-electron chi connectivity index (χ3n) is 2.66. The summed E-state index contributed by atoms with van der Waals surface area (Å²) in [7, 11) is 0. The van der Waals surface area contributed by atoms with Crippen molar-refractivity contribution in [1.82, 2.24) is 0 Å². The molecule has 16 heavy (non-hydrogen) atoms. The molecule has 1 nitrogen and oxygen atoms in total. The van der Waals surface area contributed by atoms with E-state index in [1.165, 1.54) is 11.3 Å². The average molecular weight is 199 g/mol. The quantitative estimate of drug-likeness (QED) is 0.340. The van der Waals surface area contributed by atoms with E-state index in [0.29, 0.717) is 0 Å². The van der Waals surface area contributed by atoms with E-state index in [-0.39, 0.29) is 37.7 Å². The molecule has 1 aliphatic heterocycles. The molecule has 0 bridgehead atoms. The molecule has 0 aromatic heterocycles. The van der Waals surface area contributed by atoms with E-state index in [1.54, 1.807) is 0 Å². The molecule has 3 heteroatoms. The van der Waals surface area contributed by atoms with Crippen LogP contribution in [0.25, 0.3) is 0 Å². The number of benzene rings is 1. The molecular weight excluding hydrogens is 184 g/mol. The van der Waals surface area contributed by atoms with Gasteiger partial charge in [-0.3, -0.25) is 0 Å². The topological polar surface area (TPSA) is 3.24 Å². The molecule has 0 unspecified atom stereocenters. The van der Waals surface area contributed by atoms with E-state index >= 15 is 0 Å². The van der Waals surface area contributed by atoms with Crippen molar-refractivity contribution in [3.05, 3.63) is 54.8 Å². The Labute approximate surface area is 123 Å². The molecule has 0 amide bonds. The Balaban J connectivity index is 0.00000112. The molecule has 0 saturated carbocycles. The smallest absolute Gasteiger partial charge is 0.402 e. The molecule has 1 aliphatic rings. The molecular formula is C13H15Li2N. The van der Waals surface area contributed by atoms with Crippen LogP contribution in [0.15, 0.2) is 35.4 Å². The molecule has 0 spiro atoms. The summed E-state index contributed by atoms with van der Waals surface area (Å²) in [5.41, 5.74) is 4.87. The molecule has 0 radical (unpaired) electrons. The Kier molecular flexibility index (Phi) is 6.31. The van der Waals surface area contributed by atoms with Gasteiger partial charge in [0.1, 0.15) is 0 Å². The van der Waals surface area contributed by atoms with Gasteiger partial charge < -0.3 is 29.9 Å². The van der Waals surface area contributed by atoms with E-state index in [4.69, 9.17) is 0 Å². The van der Waals surface area contributed by atoms with Crippen LogP contribution in [-0.4, -0.2) is 13.1 Å². The molecule has 0 fully saturated rings. The van der Waals surface area contributed by atoms with E-state index in [1.807, 2.05) is 0 Å². The van der Waals surface area contributed by atoms with E-state index < -0.39 is 0 Å². The molecule has 0 aliphatic carbocycles. The summed E-state index contributed by atoms with van der Waals surface area (Å²) in [6.45, 7) is 11.9. The molecule has 1 aromatic carbocycles. The van der Waals surface area contributed by atoms with Crippen LogP contribution >= 0.6 is 0 Å². The van der Waals surface area contributed by atoms with Gasteiger partial charge in [0.25, 0.3) is 0 Å². The van der Waals surface area contributed by atoms with Gasteiger partial charge >= 0.3 is 37.7 Å². The van der Waals surface area contributed by atoms with Gasteiger partial charge in [0.2, 0.25) is 0 Å². The third-order valence-corrected chi connectivity index (χ3v) is 2.66. The Morgan fingerprint density at radius 3 is 1.81 bits per heavy atom. The molecule has 0 N–H and O–H groups in total. The van der Waals surface area contributed by atoms with Gasteiger partial charge in [-0.15, -0.1) is 0 Å². The van der Waals surface area contributed by atoms with Crippen LogP contribution in [0.2, 0.25) is 0 Å². The fraction of sp³-hybridized carbons (Fsp3) is 0.231. The molecule has 1 aromatic rings.